The predicted octanol–water partition coefficient (Wildman–Crippen LogP) is 4.76. The summed E-state index contributed by atoms with van der Waals surface area (Å²) in [5, 5.41) is 12.5. The van der Waals surface area contributed by atoms with Crippen LogP contribution in [0, 0.1) is 17.1 Å². The summed E-state index contributed by atoms with van der Waals surface area (Å²) in [4.78, 5) is 14.2. The molecule has 0 bridgehead atoms. The summed E-state index contributed by atoms with van der Waals surface area (Å²) in [6.45, 7) is 6.67. The van der Waals surface area contributed by atoms with Gasteiger partial charge in [0.2, 0.25) is 0 Å². The van der Waals surface area contributed by atoms with Gasteiger partial charge in [0, 0.05) is 31.1 Å². The van der Waals surface area contributed by atoms with Crippen LogP contribution in [-0.4, -0.2) is 30.8 Å². The van der Waals surface area contributed by atoms with Crippen molar-refractivity contribution in [3.8, 4) is 17.2 Å². The maximum Gasteiger partial charge on any atom is 0.407 e. The molecule has 2 aromatic carbocycles. The highest BCUT2D eigenvalue weighted by atomic mass is 19.1. The Bertz CT molecular complexity index is 1040. The van der Waals surface area contributed by atoms with Crippen LogP contribution in [0.15, 0.2) is 30.3 Å². The normalized spacial score (nSPS) is 17.7. The molecule has 1 aliphatic heterocycles. The number of anilines is 1. The van der Waals surface area contributed by atoms with Gasteiger partial charge in [-0.1, -0.05) is 24.3 Å². The van der Waals surface area contributed by atoms with E-state index in [2.05, 4.69) is 11.4 Å². The number of carbonyl (C=O) groups excluding carboxylic acids is 1. The number of ether oxygens (including phenoxy) is 1. The Morgan fingerprint density at radius 3 is 2.83 bits per heavy atom. The number of rotatable bonds is 2. The van der Waals surface area contributed by atoms with E-state index in [1.807, 2.05) is 49.9 Å². The molecule has 1 N–H and O–H groups in total. The molecule has 0 aromatic heterocycles. The first-order valence-electron chi connectivity index (χ1n) is 10.3. The van der Waals surface area contributed by atoms with Crippen LogP contribution in [0.1, 0.15) is 50.3 Å². The SMILES string of the molecule is CC(C)(C)OC(=O)N[C@H]1CCCN(c2c(F)cc(C#N)c3c2-c2ccccc2C3)C1. The van der Waals surface area contributed by atoms with E-state index in [1.54, 1.807) is 0 Å². The smallest absolute Gasteiger partial charge is 0.407 e. The van der Waals surface area contributed by atoms with E-state index in [1.165, 1.54) is 6.07 Å². The first-order valence-corrected chi connectivity index (χ1v) is 10.3. The number of alkyl carbamates (subject to hydrolysis) is 1. The molecule has 1 saturated heterocycles. The zero-order valence-electron chi connectivity index (χ0n) is 17.6. The second kappa shape index (κ2) is 7.64. The summed E-state index contributed by atoms with van der Waals surface area (Å²) in [5.74, 6) is -0.389. The fraction of sp³-hybridized carbons (Fsp3) is 0.417. The minimum atomic E-state index is -0.567. The van der Waals surface area contributed by atoms with Gasteiger partial charge in [-0.05, 0) is 56.4 Å². The number of halogens is 1. The standard InChI is InChI=1S/C24H26FN3O2/c1-24(2,3)30-23(29)27-17-8-6-10-28(14-17)22-20(25)12-16(13-26)19-11-15-7-4-5-9-18(15)21(19)22/h4-5,7,9,12,17H,6,8,10-11,14H2,1-3H3,(H,27,29)/t17-/m0/s1. The molecular formula is C24H26FN3O2. The van der Waals surface area contributed by atoms with E-state index in [-0.39, 0.29) is 11.9 Å². The molecule has 2 aromatic rings. The first kappa shape index (κ1) is 20.2. The summed E-state index contributed by atoms with van der Waals surface area (Å²) >= 11 is 0. The number of nitrogens with one attached hydrogen (secondary N) is 1. The number of benzene rings is 2. The third kappa shape index (κ3) is 3.85. The largest absolute Gasteiger partial charge is 0.444 e. The topological polar surface area (TPSA) is 65.4 Å². The van der Waals surface area contributed by atoms with Gasteiger partial charge in [-0.15, -0.1) is 0 Å². The van der Waals surface area contributed by atoms with Crippen molar-refractivity contribution >= 4 is 11.8 Å². The van der Waals surface area contributed by atoms with Crippen LogP contribution in [-0.2, 0) is 11.2 Å². The zero-order chi connectivity index (χ0) is 21.5. The molecule has 6 heteroatoms. The van der Waals surface area contributed by atoms with Gasteiger partial charge in [0.15, 0.2) is 0 Å². The second-order valence-corrected chi connectivity index (χ2v) is 8.99. The number of carbonyl (C=O) groups is 1. The van der Waals surface area contributed by atoms with Crippen molar-refractivity contribution in [2.75, 3.05) is 18.0 Å². The summed E-state index contributed by atoms with van der Waals surface area (Å²) in [6.07, 6.45) is 1.82. The molecule has 1 amide bonds. The van der Waals surface area contributed by atoms with E-state index in [0.717, 1.165) is 35.1 Å². The van der Waals surface area contributed by atoms with Gasteiger partial charge < -0.3 is 15.0 Å². The molecule has 5 nitrogen and oxygen atoms in total. The molecule has 30 heavy (non-hydrogen) atoms. The van der Waals surface area contributed by atoms with Crippen molar-refractivity contribution in [2.45, 2.75) is 51.7 Å². The lowest BCUT2D eigenvalue weighted by atomic mass is 9.96. The monoisotopic (exact) mass is 407 g/mol. The third-order valence-electron chi connectivity index (χ3n) is 5.59. The van der Waals surface area contributed by atoms with Crippen LogP contribution in [0.5, 0.6) is 0 Å². The van der Waals surface area contributed by atoms with E-state index >= 15 is 4.39 Å². The quantitative estimate of drug-likeness (QED) is 0.665. The van der Waals surface area contributed by atoms with Crippen LogP contribution >= 0.6 is 0 Å². The molecule has 0 saturated carbocycles. The molecule has 1 aliphatic carbocycles. The molecule has 156 valence electrons. The molecule has 2 aliphatic rings. The Labute approximate surface area is 176 Å². The number of hydrogen-bond acceptors (Lipinski definition) is 4. The van der Waals surface area contributed by atoms with Gasteiger partial charge in [-0.3, -0.25) is 0 Å². The maximum atomic E-state index is 15.3. The third-order valence-corrected chi connectivity index (χ3v) is 5.59. The van der Waals surface area contributed by atoms with Crippen molar-refractivity contribution in [2.24, 2.45) is 0 Å². The number of nitriles is 1. The van der Waals surface area contributed by atoms with Crippen LogP contribution in [0.25, 0.3) is 11.1 Å². The second-order valence-electron chi connectivity index (χ2n) is 8.99. The van der Waals surface area contributed by atoms with E-state index < -0.39 is 11.7 Å². The zero-order valence-corrected chi connectivity index (χ0v) is 17.6. The lowest BCUT2D eigenvalue weighted by Gasteiger charge is -2.36. The van der Waals surface area contributed by atoms with Crippen LogP contribution in [0.3, 0.4) is 0 Å². The minimum absolute atomic E-state index is 0.129. The van der Waals surface area contributed by atoms with Gasteiger partial charge in [0.25, 0.3) is 0 Å². The highest BCUT2D eigenvalue weighted by molar-refractivity contribution is 5.89. The molecule has 0 unspecified atom stereocenters. The molecule has 1 heterocycles. The fourth-order valence-corrected chi connectivity index (χ4v) is 4.44. The molecule has 1 atom stereocenters. The van der Waals surface area contributed by atoms with Crippen molar-refractivity contribution in [1.29, 1.82) is 5.26 Å². The molecule has 0 spiro atoms. The van der Waals surface area contributed by atoms with Crippen LogP contribution in [0.4, 0.5) is 14.9 Å². The van der Waals surface area contributed by atoms with E-state index in [9.17, 15) is 10.1 Å². The number of nitrogens with zero attached hydrogens (tertiary/aromatic N) is 2. The fourth-order valence-electron chi connectivity index (χ4n) is 4.44. The number of piperidine rings is 1. The summed E-state index contributed by atoms with van der Waals surface area (Å²) in [6, 6.07) is 11.3. The van der Waals surface area contributed by atoms with Gasteiger partial charge >= 0.3 is 6.09 Å². The van der Waals surface area contributed by atoms with Crippen LogP contribution in [0.2, 0.25) is 0 Å². The average Bonchev–Trinajstić information content (AvgIpc) is 3.05. The summed E-state index contributed by atoms with van der Waals surface area (Å²) < 4.78 is 20.7. The number of hydrogen-bond donors (Lipinski definition) is 1. The molecular weight excluding hydrogens is 381 g/mol. The maximum absolute atomic E-state index is 15.3. The number of fused-ring (bicyclic) bond motifs is 3. The number of amides is 1. The highest BCUT2D eigenvalue weighted by Crippen LogP contribution is 2.46. The van der Waals surface area contributed by atoms with Crippen molar-refractivity contribution in [3.63, 3.8) is 0 Å². The Kier molecular flexibility index (Phi) is 5.15. The Morgan fingerprint density at radius 2 is 2.10 bits per heavy atom. The lowest BCUT2D eigenvalue weighted by Crippen LogP contribution is -2.49. The van der Waals surface area contributed by atoms with Crippen LogP contribution < -0.4 is 10.2 Å². The molecule has 1 fully saturated rings. The van der Waals surface area contributed by atoms with E-state index in [4.69, 9.17) is 4.74 Å². The van der Waals surface area contributed by atoms with E-state index in [0.29, 0.717) is 30.8 Å². The lowest BCUT2D eigenvalue weighted by molar-refractivity contribution is 0.0500. The Morgan fingerprint density at radius 1 is 1.33 bits per heavy atom. The van der Waals surface area contributed by atoms with Gasteiger partial charge in [-0.25, -0.2) is 9.18 Å². The Hall–Kier alpha value is -3.07. The minimum Gasteiger partial charge on any atom is -0.444 e. The van der Waals surface area contributed by atoms with Gasteiger partial charge in [-0.2, -0.15) is 5.26 Å². The van der Waals surface area contributed by atoms with Crippen molar-refractivity contribution < 1.29 is 13.9 Å². The summed E-state index contributed by atoms with van der Waals surface area (Å²) in [5.41, 5.74) is 4.16. The first-order chi connectivity index (χ1) is 14.3. The van der Waals surface area contributed by atoms with Gasteiger partial charge in [0.05, 0.1) is 17.3 Å². The average molecular weight is 407 g/mol. The van der Waals surface area contributed by atoms with Gasteiger partial charge in [0.1, 0.15) is 11.4 Å². The predicted molar refractivity (Wildman–Crippen MR) is 114 cm³/mol. The highest BCUT2D eigenvalue weighted by Gasteiger charge is 2.32. The molecule has 0 radical (unpaired) electrons. The van der Waals surface area contributed by atoms with Crippen molar-refractivity contribution in [1.82, 2.24) is 5.32 Å². The Balaban J connectivity index is 1.66. The molecule has 4 rings (SSSR count). The van der Waals surface area contributed by atoms with Crippen molar-refractivity contribution in [3.05, 3.63) is 52.8 Å². The summed E-state index contributed by atoms with van der Waals surface area (Å²) in [7, 11) is 0.